The van der Waals surface area contributed by atoms with Crippen LogP contribution in [-0.2, 0) is 14.2 Å². The Labute approximate surface area is 141 Å². The Kier molecular flexibility index (Phi) is 7.43. The topological polar surface area (TPSA) is 110 Å². The first-order valence-corrected chi connectivity index (χ1v) is 7.75. The summed E-state index contributed by atoms with van der Waals surface area (Å²) in [5, 5.41) is 13.1. The number of carbonyl (C=O) groups is 2. The second-order valence-corrected chi connectivity index (χ2v) is 6.54. The van der Waals surface area contributed by atoms with Crippen molar-refractivity contribution in [3.05, 3.63) is 0 Å². The van der Waals surface area contributed by atoms with E-state index in [2.05, 4.69) is 10.5 Å². The molecule has 24 heavy (non-hydrogen) atoms. The number of rotatable bonds is 7. The van der Waals surface area contributed by atoms with Gasteiger partial charge in [0.15, 0.2) is 6.29 Å². The van der Waals surface area contributed by atoms with E-state index < -0.39 is 17.8 Å². The van der Waals surface area contributed by atoms with E-state index >= 15 is 0 Å². The molecule has 1 aliphatic heterocycles. The van der Waals surface area contributed by atoms with Crippen LogP contribution in [-0.4, -0.2) is 67.1 Å². The summed E-state index contributed by atoms with van der Waals surface area (Å²) in [6.07, 6.45) is -0.930. The number of amides is 2. The summed E-state index contributed by atoms with van der Waals surface area (Å²) >= 11 is 0. The molecular weight excluding hydrogens is 318 g/mol. The second-order valence-electron chi connectivity index (χ2n) is 6.54. The van der Waals surface area contributed by atoms with Gasteiger partial charge >= 0.3 is 12.2 Å². The Morgan fingerprint density at radius 2 is 1.88 bits per heavy atom. The number of hydrogen-bond acceptors (Lipinski definition) is 6. The maximum absolute atomic E-state index is 11.7. The van der Waals surface area contributed by atoms with Crippen LogP contribution in [0, 0.1) is 5.92 Å². The van der Waals surface area contributed by atoms with Crippen LogP contribution in [0.25, 0.3) is 0 Å². The quantitative estimate of drug-likeness (QED) is 0.414. The molecule has 0 unspecified atom stereocenters. The summed E-state index contributed by atoms with van der Waals surface area (Å²) in [6.45, 7) is 5.99. The molecule has 9 nitrogen and oxygen atoms in total. The minimum absolute atomic E-state index is 0.0367. The first kappa shape index (κ1) is 20.2. The third-order valence-corrected chi connectivity index (χ3v) is 3.47. The van der Waals surface area contributed by atoms with Gasteiger partial charge in [0, 0.05) is 45.4 Å². The summed E-state index contributed by atoms with van der Waals surface area (Å²) in [4.78, 5) is 23.9. The summed E-state index contributed by atoms with van der Waals surface area (Å²) in [5.74, 6) is -0.0367. The molecule has 2 N–H and O–H groups in total. The number of likely N-dealkylation sites (tertiary alicyclic amines) is 1. The molecule has 0 bridgehead atoms. The van der Waals surface area contributed by atoms with Crippen molar-refractivity contribution in [2.24, 2.45) is 11.0 Å². The molecule has 0 aromatic rings. The first-order valence-electron chi connectivity index (χ1n) is 7.75. The predicted octanol–water partition coefficient (Wildman–Crippen LogP) is 1.88. The summed E-state index contributed by atoms with van der Waals surface area (Å²) in [7, 11) is 3.08. The van der Waals surface area contributed by atoms with Crippen molar-refractivity contribution < 1.29 is 28.9 Å². The molecule has 1 rings (SSSR count). The Morgan fingerprint density at radius 3 is 2.33 bits per heavy atom. The molecular formula is C15H27N3O6. The lowest BCUT2D eigenvalue weighted by molar-refractivity contribution is -0.105. The van der Waals surface area contributed by atoms with E-state index in [1.807, 2.05) is 0 Å². The molecule has 1 fully saturated rings. The maximum Gasteiger partial charge on any atom is 0.428 e. The van der Waals surface area contributed by atoms with E-state index in [0.717, 1.165) is 0 Å². The highest BCUT2D eigenvalue weighted by molar-refractivity contribution is 5.90. The molecule has 1 heterocycles. The fourth-order valence-electron chi connectivity index (χ4n) is 2.21. The van der Waals surface area contributed by atoms with Crippen molar-refractivity contribution in [2.75, 3.05) is 27.3 Å². The average molecular weight is 345 g/mol. The highest BCUT2D eigenvalue weighted by Gasteiger charge is 2.34. The van der Waals surface area contributed by atoms with E-state index in [-0.39, 0.29) is 12.2 Å². The minimum atomic E-state index is -0.961. The Morgan fingerprint density at radius 1 is 1.29 bits per heavy atom. The van der Waals surface area contributed by atoms with Crippen molar-refractivity contribution >= 4 is 17.9 Å². The van der Waals surface area contributed by atoms with Gasteiger partial charge in [-0.25, -0.2) is 15.0 Å². The number of nitrogens with one attached hydrogen (secondary N) is 1. The number of nitrogens with zero attached hydrogens (tertiary/aromatic N) is 2. The summed E-state index contributed by atoms with van der Waals surface area (Å²) < 4.78 is 15.4. The first-order chi connectivity index (χ1) is 11.2. The normalized spacial score (nSPS) is 16.1. The van der Waals surface area contributed by atoms with Gasteiger partial charge in [-0.2, -0.15) is 5.10 Å². The van der Waals surface area contributed by atoms with Crippen molar-refractivity contribution in [3.8, 4) is 0 Å². The zero-order valence-electron chi connectivity index (χ0n) is 14.9. The zero-order chi connectivity index (χ0) is 18.3. The van der Waals surface area contributed by atoms with Gasteiger partial charge in [0.05, 0.1) is 0 Å². The van der Waals surface area contributed by atoms with Gasteiger partial charge in [0.2, 0.25) is 0 Å². The van der Waals surface area contributed by atoms with Crippen LogP contribution in [0.2, 0.25) is 0 Å². The average Bonchev–Trinajstić information content (AvgIpc) is 2.40. The number of hydrazone groups is 1. The van der Waals surface area contributed by atoms with Gasteiger partial charge in [-0.1, -0.05) is 0 Å². The minimum Gasteiger partial charge on any atom is -0.465 e. The third-order valence-electron chi connectivity index (χ3n) is 3.47. The van der Waals surface area contributed by atoms with Crippen LogP contribution in [0.15, 0.2) is 5.10 Å². The van der Waals surface area contributed by atoms with Crippen LogP contribution in [0.4, 0.5) is 9.59 Å². The van der Waals surface area contributed by atoms with Gasteiger partial charge in [-0.05, 0) is 27.2 Å². The molecule has 0 atom stereocenters. The molecule has 0 aliphatic carbocycles. The van der Waals surface area contributed by atoms with Gasteiger partial charge in [-0.3, -0.25) is 0 Å². The summed E-state index contributed by atoms with van der Waals surface area (Å²) in [5.41, 5.74) is 2.45. The number of carbonyl (C=O) groups excluding carboxylic acids is 1. The molecule has 0 spiro atoms. The Balaban J connectivity index is 2.65. The number of ether oxygens (including phenoxy) is 3. The lowest BCUT2D eigenvalue weighted by atomic mass is 9.92. The maximum atomic E-state index is 11.7. The van der Waals surface area contributed by atoms with Crippen molar-refractivity contribution in [3.63, 3.8) is 0 Å². The molecule has 0 saturated carbocycles. The molecule has 0 radical (unpaired) electrons. The van der Waals surface area contributed by atoms with Crippen LogP contribution in [0.5, 0.6) is 0 Å². The highest BCUT2D eigenvalue weighted by Crippen LogP contribution is 2.20. The number of methoxy groups -OCH3 is 2. The summed E-state index contributed by atoms with van der Waals surface area (Å²) in [6, 6.07) is 0. The van der Waals surface area contributed by atoms with Crippen molar-refractivity contribution in [1.29, 1.82) is 0 Å². The molecule has 9 heteroatoms. The van der Waals surface area contributed by atoms with E-state index in [1.165, 1.54) is 4.90 Å². The molecule has 138 valence electrons. The fraction of sp³-hybridized carbons (Fsp3) is 0.800. The number of carboxylic acid groups (broad SMARTS) is 1. The van der Waals surface area contributed by atoms with Gasteiger partial charge < -0.3 is 24.2 Å². The van der Waals surface area contributed by atoms with Gasteiger partial charge in [0.25, 0.3) is 0 Å². The molecule has 0 aromatic heterocycles. The van der Waals surface area contributed by atoms with Crippen LogP contribution < -0.4 is 5.43 Å². The molecule has 1 saturated heterocycles. The SMILES string of the molecule is COC(CCC(=NNC(=O)OC(C)(C)C)C1CN(C(=O)O)C1)OC. The largest absolute Gasteiger partial charge is 0.465 e. The highest BCUT2D eigenvalue weighted by atomic mass is 16.7. The second kappa shape index (κ2) is 8.84. The van der Waals surface area contributed by atoms with Crippen LogP contribution in [0.1, 0.15) is 33.6 Å². The Bertz CT molecular complexity index is 464. The molecule has 1 aliphatic rings. The Hall–Kier alpha value is -1.87. The standard InChI is InChI=1S/C15H27N3O6/c1-15(2,3)24-13(19)17-16-11(6-7-12(22-4)23-5)10-8-18(9-10)14(20)21/h10,12H,6-9H2,1-5H3,(H,17,19)(H,20,21). The molecule has 0 aromatic carbocycles. The monoisotopic (exact) mass is 345 g/mol. The van der Waals surface area contributed by atoms with Crippen molar-refractivity contribution in [2.45, 2.75) is 45.5 Å². The molecule has 2 amide bonds. The van der Waals surface area contributed by atoms with Gasteiger partial charge in [0.1, 0.15) is 5.60 Å². The zero-order valence-corrected chi connectivity index (χ0v) is 14.9. The lowest BCUT2D eigenvalue weighted by Gasteiger charge is -2.37. The van der Waals surface area contributed by atoms with E-state index in [0.29, 0.717) is 31.6 Å². The van der Waals surface area contributed by atoms with E-state index in [9.17, 15) is 9.59 Å². The lowest BCUT2D eigenvalue weighted by Crippen LogP contribution is -2.53. The van der Waals surface area contributed by atoms with Crippen molar-refractivity contribution in [1.82, 2.24) is 10.3 Å². The predicted molar refractivity (Wildman–Crippen MR) is 86.9 cm³/mol. The smallest absolute Gasteiger partial charge is 0.428 e. The fourth-order valence-corrected chi connectivity index (χ4v) is 2.21. The third kappa shape index (κ3) is 6.71. The van der Waals surface area contributed by atoms with Crippen LogP contribution >= 0.6 is 0 Å². The van der Waals surface area contributed by atoms with Gasteiger partial charge in [-0.15, -0.1) is 0 Å². The van der Waals surface area contributed by atoms with E-state index in [4.69, 9.17) is 19.3 Å². The van der Waals surface area contributed by atoms with E-state index in [1.54, 1.807) is 35.0 Å². The number of hydrogen-bond donors (Lipinski definition) is 2. The van der Waals surface area contributed by atoms with Crippen LogP contribution in [0.3, 0.4) is 0 Å².